The molecule has 3 rings (SSSR count). The normalized spacial score (nSPS) is 11.5. The first kappa shape index (κ1) is 13.6. The molecule has 7 nitrogen and oxygen atoms in total. The molecule has 0 radical (unpaired) electrons. The number of aromatic nitrogens is 1. The summed E-state index contributed by atoms with van der Waals surface area (Å²) in [5.74, 6) is -0.698. The summed E-state index contributed by atoms with van der Waals surface area (Å²) < 4.78 is 5.66. The van der Waals surface area contributed by atoms with E-state index in [1.807, 2.05) is 24.3 Å². The van der Waals surface area contributed by atoms with Crippen LogP contribution in [0.5, 0.6) is 0 Å². The van der Waals surface area contributed by atoms with E-state index in [0.29, 0.717) is 17.2 Å². The van der Waals surface area contributed by atoms with Gasteiger partial charge in [-0.3, -0.25) is 4.79 Å². The maximum Gasteiger partial charge on any atom is 0.294 e. The van der Waals surface area contributed by atoms with Crippen molar-refractivity contribution < 1.29 is 14.4 Å². The van der Waals surface area contributed by atoms with Crippen LogP contribution in [0.3, 0.4) is 0 Å². The molecule has 0 bridgehead atoms. The van der Waals surface area contributed by atoms with Gasteiger partial charge in [0.1, 0.15) is 5.52 Å². The number of carbonyl (C=O) groups is 1. The Bertz CT molecular complexity index is 820. The molecule has 7 heteroatoms. The topological polar surface area (TPSA) is 114 Å². The fraction of sp³-hybridized carbons (Fsp3) is 0. The van der Waals surface area contributed by atoms with Gasteiger partial charge in [0.2, 0.25) is 11.7 Å². The van der Waals surface area contributed by atoms with Crippen LogP contribution in [0.25, 0.3) is 22.6 Å². The lowest BCUT2D eigenvalue weighted by molar-refractivity contribution is -0.110. The largest absolute Gasteiger partial charge is 0.436 e. The smallest absolute Gasteiger partial charge is 0.294 e. The molecule has 110 valence electrons. The monoisotopic (exact) mass is 296 g/mol. The molecule has 1 amide bonds. The van der Waals surface area contributed by atoms with Gasteiger partial charge in [-0.25, -0.2) is 4.98 Å². The Hall–Kier alpha value is -3.35. The number of fused-ring (bicyclic) bond motifs is 1. The van der Waals surface area contributed by atoms with Crippen molar-refractivity contribution in [2.24, 2.45) is 10.9 Å². The van der Waals surface area contributed by atoms with Crippen molar-refractivity contribution in [3.05, 3.63) is 48.5 Å². The molecule has 22 heavy (non-hydrogen) atoms. The van der Waals surface area contributed by atoms with Crippen LogP contribution in [0, 0.1) is 0 Å². The SMILES string of the molecule is N/C(=N/O)C(=O)Nc1ccc(-c2nc3ccccc3o2)cc1. The van der Waals surface area contributed by atoms with Gasteiger partial charge in [-0.15, -0.1) is 0 Å². The number of hydrogen-bond acceptors (Lipinski definition) is 5. The van der Waals surface area contributed by atoms with Crippen LogP contribution in [-0.4, -0.2) is 21.9 Å². The van der Waals surface area contributed by atoms with Crippen molar-refractivity contribution in [2.75, 3.05) is 5.32 Å². The predicted molar refractivity (Wildman–Crippen MR) is 81.5 cm³/mol. The third kappa shape index (κ3) is 2.59. The molecule has 0 atom stereocenters. The lowest BCUT2D eigenvalue weighted by Gasteiger charge is -2.04. The second-order valence-corrected chi connectivity index (χ2v) is 4.50. The minimum atomic E-state index is -0.683. The number of carbonyl (C=O) groups excluding carboxylic acids is 1. The third-order valence-corrected chi connectivity index (χ3v) is 3.02. The van der Waals surface area contributed by atoms with Gasteiger partial charge in [0.15, 0.2) is 5.58 Å². The van der Waals surface area contributed by atoms with Gasteiger partial charge in [-0.2, -0.15) is 0 Å². The number of nitrogens with one attached hydrogen (secondary N) is 1. The van der Waals surface area contributed by atoms with E-state index in [0.717, 1.165) is 11.1 Å². The standard InChI is InChI=1S/C15H12N4O3/c16-13(19-21)14(20)17-10-7-5-9(6-8-10)15-18-11-3-1-2-4-12(11)22-15/h1-8,21H,(H2,16,19)(H,17,20). The summed E-state index contributed by atoms with van der Waals surface area (Å²) in [6, 6.07) is 14.3. The van der Waals surface area contributed by atoms with Crippen LogP contribution in [0.4, 0.5) is 5.69 Å². The quantitative estimate of drug-likeness (QED) is 0.290. The summed E-state index contributed by atoms with van der Waals surface area (Å²) >= 11 is 0. The zero-order valence-electron chi connectivity index (χ0n) is 11.4. The maximum atomic E-state index is 11.5. The fourth-order valence-corrected chi connectivity index (χ4v) is 1.93. The minimum absolute atomic E-state index is 0.496. The molecule has 0 saturated carbocycles. The summed E-state index contributed by atoms with van der Waals surface area (Å²) in [6.07, 6.45) is 0. The average molecular weight is 296 g/mol. The van der Waals surface area contributed by atoms with Crippen LogP contribution in [0.1, 0.15) is 0 Å². The van der Waals surface area contributed by atoms with Crippen molar-refractivity contribution in [1.82, 2.24) is 4.98 Å². The molecule has 0 unspecified atom stereocenters. The number of amides is 1. The van der Waals surface area contributed by atoms with Crippen molar-refractivity contribution in [1.29, 1.82) is 0 Å². The van der Waals surface area contributed by atoms with E-state index in [-0.39, 0.29) is 0 Å². The van der Waals surface area contributed by atoms with Crippen LogP contribution < -0.4 is 11.1 Å². The molecule has 0 aliphatic rings. The zero-order valence-corrected chi connectivity index (χ0v) is 11.4. The first-order chi connectivity index (χ1) is 10.7. The van der Waals surface area contributed by atoms with E-state index in [4.69, 9.17) is 15.4 Å². The average Bonchev–Trinajstić information content (AvgIpc) is 2.98. The number of para-hydroxylation sites is 2. The van der Waals surface area contributed by atoms with Crippen molar-refractivity contribution in [3.63, 3.8) is 0 Å². The van der Waals surface area contributed by atoms with E-state index in [2.05, 4.69) is 15.5 Å². The number of nitrogens with two attached hydrogens (primary N) is 1. The fourth-order valence-electron chi connectivity index (χ4n) is 1.93. The van der Waals surface area contributed by atoms with Gasteiger partial charge >= 0.3 is 0 Å². The highest BCUT2D eigenvalue weighted by Gasteiger charge is 2.10. The van der Waals surface area contributed by atoms with Crippen LogP contribution in [-0.2, 0) is 4.79 Å². The highest BCUT2D eigenvalue weighted by atomic mass is 16.4. The Morgan fingerprint density at radius 2 is 1.91 bits per heavy atom. The number of rotatable bonds is 2. The Labute approximate surface area is 125 Å². The van der Waals surface area contributed by atoms with Crippen molar-refractivity contribution in [3.8, 4) is 11.5 Å². The molecule has 0 saturated heterocycles. The number of oxime groups is 1. The van der Waals surface area contributed by atoms with Crippen molar-refractivity contribution >= 4 is 28.5 Å². The van der Waals surface area contributed by atoms with Gasteiger partial charge in [0, 0.05) is 11.3 Å². The highest BCUT2D eigenvalue weighted by molar-refractivity contribution is 6.41. The van der Waals surface area contributed by atoms with E-state index in [1.54, 1.807) is 24.3 Å². The van der Waals surface area contributed by atoms with E-state index < -0.39 is 11.7 Å². The second kappa shape index (κ2) is 5.57. The van der Waals surface area contributed by atoms with Gasteiger partial charge < -0.3 is 20.7 Å². The Balaban J connectivity index is 1.83. The number of benzene rings is 2. The van der Waals surface area contributed by atoms with Gasteiger partial charge in [-0.1, -0.05) is 17.3 Å². The third-order valence-electron chi connectivity index (χ3n) is 3.02. The van der Waals surface area contributed by atoms with Gasteiger partial charge in [-0.05, 0) is 36.4 Å². The zero-order chi connectivity index (χ0) is 15.5. The molecule has 0 spiro atoms. The number of nitrogens with zero attached hydrogens (tertiary/aromatic N) is 2. The maximum absolute atomic E-state index is 11.5. The van der Waals surface area contributed by atoms with Gasteiger partial charge in [0.25, 0.3) is 5.91 Å². The van der Waals surface area contributed by atoms with Crippen molar-refractivity contribution in [2.45, 2.75) is 0 Å². The molecular formula is C15H12N4O3. The molecule has 0 fully saturated rings. The number of amidine groups is 1. The lowest BCUT2D eigenvalue weighted by Crippen LogP contribution is -2.29. The molecule has 4 N–H and O–H groups in total. The number of oxazole rings is 1. The van der Waals surface area contributed by atoms with E-state index >= 15 is 0 Å². The first-order valence-corrected chi connectivity index (χ1v) is 6.42. The highest BCUT2D eigenvalue weighted by Crippen LogP contribution is 2.25. The molecule has 1 heterocycles. The van der Waals surface area contributed by atoms with Crippen LogP contribution >= 0.6 is 0 Å². The number of anilines is 1. The summed E-state index contributed by atoms with van der Waals surface area (Å²) in [5.41, 5.74) is 7.97. The van der Waals surface area contributed by atoms with Crippen LogP contribution in [0.2, 0.25) is 0 Å². The summed E-state index contributed by atoms with van der Waals surface area (Å²) in [4.78, 5) is 15.8. The molecule has 3 aromatic rings. The lowest BCUT2D eigenvalue weighted by atomic mass is 10.2. The Morgan fingerprint density at radius 1 is 1.18 bits per heavy atom. The summed E-state index contributed by atoms with van der Waals surface area (Å²) in [7, 11) is 0. The number of hydrogen-bond donors (Lipinski definition) is 3. The van der Waals surface area contributed by atoms with E-state index in [1.165, 1.54) is 0 Å². The molecule has 2 aromatic carbocycles. The molecular weight excluding hydrogens is 284 g/mol. The van der Waals surface area contributed by atoms with Crippen LogP contribution in [0.15, 0.2) is 58.1 Å². The second-order valence-electron chi connectivity index (χ2n) is 4.50. The van der Waals surface area contributed by atoms with E-state index in [9.17, 15) is 4.79 Å². The Morgan fingerprint density at radius 3 is 2.59 bits per heavy atom. The Kier molecular flexibility index (Phi) is 3.45. The molecule has 0 aliphatic carbocycles. The summed E-state index contributed by atoms with van der Waals surface area (Å²) in [6.45, 7) is 0. The molecule has 1 aromatic heterocycles. The minimum Gasteiger partial charge on any atom is -0.436 e. The first-order valence-electron chi connectivity index (χ1n) is 6.42. The van der Waals surface area contributed by atoms with Gasteiger partial charge in [0.05, 0.1) is 0 Å². The predicted octanol–water partition coefficient (Wildman–Crippen LogP) is 2.18. The summed E-state index contributed by atoms with van der Waals surface area (Å²) in [5, 5.41) is 13.6. The molecule has 0 aliphatic heterocycles.